The summed E-state index contributed by atoms with van der Waals surface area (Å²) in [7, 11) is 1.44. The molecule has 182 valence electrons. The van der Waals surface area contributed by atoms with Crippen LogP contribution in [0.1, 0.15) is 35.0 Å². The summed E-state index contributed by atoms with van der Waals surface area (Å²) in [6, 6.07) is 15.3. The summed E-state index contributed by atoms with van der Waals surface area (Å²) < 4.78 is 40.7. The summed E-state index contributed by atoms with van der Waals surface area (Å²) in [6.45, 7) is 0.178. The van der Waals surface area contributed by atoms with E-state index in [0.29, 0.717) is 10.6 Å². The average Bonchev–Trinajstić information content (AvgIpc) is 3.32. The summed E-state index contributed by atoms with van der Waals surface area (Å²) in [6.07, 6.45) is -3.41. The number of aliphatic imine (C=N–C) groups is 1. The van der Waals surface area contributed by atoms with Gasteiger partial charge < -0.3 is 10.3 Å². The van der Waals surface area contributed by atoms with Gasteiger partial charge in [-0.3, -0.25) is 14.5 Å². The lowest BCUT2D eigenvalue weighted by Crippen LogP contribution is -2.41. The first-order valence-electron chi connectivity index (χ1n) is 10.8. The van der Waals surface area contributed by atoms with E-state index >= 15 is 0 Å². The van der Waals surface area contributed by atoms with E-state index in [1.807, 2.05) is 12.1 Å². The van der Waals surface area contributed by atoms with Gasteiger partial charge in [0.1, 0.15) is 6.54 Å². The van der Waals surface area contributed by atoms with Crippen LogP contribution < -0.4 is 5.73 Å². The van der Waals surface area contributed by atoms with Crippen LogP contribution in [-0.2, 0) is 16.9 Å². The van der Waals surface area contributed by atoms with Crippen LogP contribution >= 0.6 is 11.6 Å². The molecule has 0 saturated carbocycles. The number of likely N-dealkylation sites (N-methyl/N-ethyl adjacent to an activating group) is 1. The Morgan fingerprint density at radius 3 is 2.31 bits per heavy atom. The van der Waals surface area contributed by atoms with Crippen molar-refractivity contribution in [3.63, 3.8) is 0 Å². The number of guanidine groups is 1. The van der Waals surface area contributed by atoms with Gasteiger partial charge in [-0.25, -0.2) is 4.99 Å². The number of nitrogens with two attached hydrogens (primary N) is 1. The minimum atomic E-state index is -4.57. The maximum Gasteiger partial charge on any atom is 0.406 e. The topological polar surface area (TPSA) is 80.7 Å². The summed E-state index contributed by atoms with van der Waals surface area (Å²) in [5, 5.41) is 0.522. The van der Waals surface area contributed by atoms with E-state index in [1.54, 1.807) is 43.3 Å². The number of Topliss-reactive ketones (excluding diaryl/α,β-unsaturated/α-hetero) is 1. The van der Waals surface area contributed by atoms with E-state index in [4.69, 9.17) is 17.3 Å². The van der Waals surface area contributed by atoms with Gasteiger partial charge in [-0.05, 0) is 41.0 Å². The molecule has 1 atom stereocenters. The Kier molecular flexibility index (Phi) is 6.23. The second kappa shape index (κ2) is 8.88. The molecule has 6 nitrogen and oxygen atoms in total. The van der Waals surface area contributed by atoms with E-state index in [9.17, 15) is 22.8 Å². The second-order valence-corrected chi connectivity index (χ2v) is 8.71. The van der Waals surface area contributed by atoms with Crippen molar-refractivity contribution in [1.82, 2.24) is 9.47 Å². The van der Waals surface area contributed by atoms with Crippen LogP contribution in [0.25, 0.3) is 11.1 Å². The zero-order valence-electron chi connectivity index (χ0n) is 18.9. The van der Waals surface area contributed by atoms with Gasteiger partial charge in [-0.2, -0.15) is 13.2 Å². The monoisotopic (exact) mass is 502 g/mol. The quantitative estimate of drug-likeness (QED) is 0.482. The molecular formula is C25H22ClF3N4O2. The molecule has 0 bridgehead atoms. The molecule has 2 N–H and O–H groups in total. The zero-order valence-corrected chi connectivity index (χ0v) is 19.7. The molecule has 4 rings (SSSR count). The van der Waals surface area contributed by atoms with Crippen LogP contribution in [-0.4, -0.2) is 40.3 Å². The fourth-order valence-electron chi connectivity index (χ4n) is 4.22. The lowest BCUT2D eigenvalue weighted by molar-refractivity contribution is -0.140. The molecule has 3 aromatic rings. The molecule has 0 saturated heterocycles. The maximum absolute atomic E-state index is 13.6. The van der Waals surface area contributed by atoms with Crippen molar-refractivity contribution in [3.05, 3.63) is 82.6 Å². The Bertz CT molecular complexity index is 1350. The fourth-order valence-corrected chi connectivity index (χ4v) is 4.41. The van der Waals surface area contributed by atoms with Crippen LogP contribution in [0.15, 0.2) is 65.8 Å². The minimum Gasteiger partial charge on any atom is -0.369 e. The number of carbonyl (C=O) groups excluding carboxylic acids is 2. The standard InChI is InChI=1S/C25H22ClF3N4O2/c1-3-21(34)20-12-18(13-33(20)14-24(27,28)29)25(22(35)32(2)23(30)31-25)17-8-4-6-15(10-17)16-7-5-9-19(26)11-16/h4-13H,3,14H2,1-2H3,(H2,30,31). The second-order valence-electron chi connectivity index (χ2n) is 8.27. The average molecular weight is 503 g/mol. The van der Waals surface area contributed by atoms with E-state index in [0.717, 1.165) is 26.8 Å². The molecule has 35 heavy (non-hydrogen) atoms. The highest BCUT2D eigenvalue weighted by atomic mass is 35.5. The summed E-state index contributed by atoms with van der Waals surface area (Å²) in [5.41, 5.74) is 6.12. The zero-order chi connectivity index (χ0) is 25.5. The van der Waals surface area contributed by atoms with Gasteiger partial charge >= 0.3 is 6.18 Å². The molecule has 0 radical (unpaired) electrons. The van der Waals surface area contributed by atoms with Gasteiger partial charge in [-0.1, -0.05) is 48.9 Å². The number of nitrogens with zero attached hydrogens (tertiary/aromatic N) is 3. The van der Waals surface area contributed by atoms with Crippen LogP contribution in [0.3, 0.4) is 0 Å². The number of amides is 1. The number of rotatable bonds is 6. The largest absolute Gasteiger partial charge is 0.406 e. The predicted molar refractivity (Wildman–Crippen MR) is 127 cm³/mol. The van der Waals surface area contributed by atoms with Gasteiger partial charge in [0.25, 0.3) is 5.91 Å². The molecule has 0 aliphatic carbocycles. The molecule has 1 amide bonds. The van der Waals surface area contributed by atoms with Crippen molar-refractivity contribution in [1.29, 1.82) is 0 Å². The third kappa shape index (κ3) is 4.43. The minimum absolute atomic E-state index is 0.00216. The van der Waals surface area contributed by atoms with Gasteiger partial charge in [0, 0.05) is 30.3 Å². The Labute approximate surface area is 204 Å². The Balaban J connectivity index is 1.95. The maximum atomic E-state index is 13.6. The number of hydrogen-bond donors (Lipinski definition) is 1. The number of alkyl halides is 3. The lowest BCUT2D eigenvalue weighted by atomic mass is 9.83. The number of aromatic nitrogens is 1. The molecule has 1 aromatic heterocycles. The summed E-state index contributed by atoms with van der Waals surface area (Å²) >= 11 is 6.14. The highest BCUT2D eigenvalue weighted by molar-refractivity contribution is 6.30. The van der Waals surface area contributed by atoms with Crippen LogP contribution in [0.2, 0.25) is 5.02 Å². The van der Waals surface area contributed by atoms with Crippen molar-refractivity contribution in [3.8, 4) is 11.1 Å². The highest BCUT2D eigenvalue weighted by Gasteiger charge is 2.50. The number of ketones is 1. The van der Waals surface area contributed by atoms with Crippen LogP contribution in [0.4, 0.5) is 13.2 Å². The molecule has 0 spiro atoms. The normalized spacial score (nSPS) is 18.2. The Morgan fingerprint density at radius 1 is 1.09 bits per heavy atom. The third-order valence-electron chi connectivity index (χ3n) is 5.95. The number of carbonyl (C=O) groups is 2. The van der Waals surface area contributed by atoms with Crippen LogP contribution in [0, 0.1) is 0 Å². The summed E-state index contributed by atoms with van der Waals surface area (Å²) in [5.74, 6) is -1.12. The molecule has 2 heterocycles. The van der Waals surface area contributed by atoms with Gasteiger partial charge in [0.15, 0.2) is 17.3 Å². The van der Waals surface area contributed by atoms with E-state index in [2.05, 4.69) is 4.99 Å². The molecule has 1 aliphatic heterocycles. The van der Waals surface area contributed by atoms with E-state index in [1.165, 1.54) is 13.1 Å². The van der Waals surface area contributed by atoms with Crippen LogP contribution in [0.5, 0.6) is 0 Å². The Morgan fingerprint density at radius 2 is 1.74 bits per heavy atom. The van der Waals surface area contributed by atoms with Crippen molar-refractivity contribution >= 4 is 29.3 Å². The SMILES string of the molecule is CCC(=O)c1cc(C2(c3cccc(-c4cccc(Cl)c4)c3)N=C(N)N(C)C2=O)cn1CC(F)(F)F. The van der Waals surface area contributed by atoms with Crippen molar-refractivity contribution in [2.45, 2.75) is 31.6 Å². The number of benzene rings is 2. The van der Waals surface area contributed by atoms with E-state index < -0.39 is 30.0 Å². The van der Waals surface area contributed by atoms with E-state index in [-0.39, 0.29) is 23.6 Å². The smallest absolute Gasteiger partial charge is 0.369 e. The van der Waals surface area contributed by atoms with Crippen molar-refractivity contribution in [2.75, 3.05) is 7.05 Å². The predicted octanol–water partition coefficient (Wildman–Crippen LogP) is 4.99. The molecule has 10 heteroatoms. The number of hydrogen-bond acceptors (Lipinski definition) is 4. The first-order chi connectivity index (χ1) is 16.5. The van der Waals surface area contributed by atoms with Crippen molar-refractivity contribution in [2.24, 2.45) is 10.7 Å². The molecule has 2 aromatic carbocycles. The van der Waals surface area contributed by atoms with Gasteiger partial charge in [0.2, 0.25) is 0 Å². The summed E-state index contributed by atoms with van der Waals surface area (Å²) in [4.78, 5) is 31.7. The van der Waals surface area contributed by atoms with Crippen molar-refractivity contribution < 1.29 is 22.8 Å². The first-order valence-corrected chi connectivity index (χ1v) is 11.1. The third-order valence-corrected chi connectivity index (χ3v) is 6.18. The van der Waals surface area contributed by atoms with Gasteiger partial charge in [-0.15, -0.1) is 0 Å². The first kappa shape index (κ1) is 24.5. The highest BCUT2D eigenvalue weighted by Crippen LogP contribution is 2.42. The Hall–Kier alpha value is -3.59. The molecule has 0 fully saturated rings. The number of halogens is 4. The lowest BCUT2D eigenvalue weighted by Gasteiger charge is -2.25. The molecule has 1 aliphatic rings. The fraction of sp³-hybridized carbons (Fsp3) is 0.240. The van der Waals surface area contributed by atoms with Gasteiger partial charge in [0.05, 0.1) is 5.69 Å². The molecule has 1 unspecified atom stereocenters. The molecular weight excluding hydrogens is 481 g/mol.